The molecule has 1 atom stereocenters. The fraction of sp³-hybridized carbons (Fsp3) is 0.455. The normalized spacial score (nSPS) is 19.7. The smallest absolute Gasteiger partial charge is 0.241 e. The molecule has 18 heavy (non-hydrogen) atoms. The van der Waals surface area contributed by atoms with Crippen LogP contribution in [-0.4, -0.2) is 38.2 Å². The Morgan fingerprint density at radius 1 is 1.50 bits per heavy atom. The first-order valence-electron chi connectivity index (χ1n) is 5.67. The third kappa shape index (κ3) is 3.05. The molecule has 1 amide bonds. The van der Waals surface area contributed by atoms with Crippen molar-refractivity contribution in [3.63, 3.8) is 0 Å². The van der Waals surface area contributed by atoms with Crippen molar-refractivity contribution in [3.05, 3.63) is 18.3 Å². The quantitative estimate of drug-likeness (QED) is 0.817. The molecule has 1 aromatic heterocycles. The Morgan fingerprint density at radius 3 is 2.78 bits per heavy atom. The highest BCUT2D eigenvalue weighted by molar-refractivity contribution is 7.90. The monoisotopic (exact) mass is 269 g/mol. The molecule has 1 saturated heterocycles. The van der Waals surface area contributed by atoms with Crippen LogP contribution in [0, 0.1) is 0 Å². The van der Waals surface area contributed by atoms with Gasteiger partial charge in [-0.15, -0.1) is 0 Å². The SMILES string of the molecule is CS(=O)(=O)c1ccc(NC(=O)[C@@H]2CCCN2)cn1. The lowest BCUT2D eigenvalue weighted by atomic mass is 10.2. The number of carbonyl (C=O) groups excluding carboxylic acids is 1. The Morgan fingerprint density at radius 2 is 2.28 bits per heavy atom. The number of hydrogen-bond donors (Lipinski definition) is 2. The van der Waals surface area contributed by atoms with Gasteiger partial charge in [-0.25, -0.2) is 13.4 Å². The van der Waals surface area contributed by atoms with Crippen molar-refractivity contribution in [2.75, 3.05) is 18.1 Å². The largest absolute Gasteiger partial charge is 0.323 e. The lowest BCUT2D eigenvalue weighted by Crippen LogP contribution is -2.35. The third-order valence-corrected chi connectivity index (χ3v) is 3.76. The van der Waals surface area contributed by atoms with Gasteiger partial charge in [0.15, 0.2) is 14.9 Å². The maximum Gasteiger partial charge on any atom is 0.241 e. The fourth-order valence-electron chi connectivity index (χ4n) is 1.81. The molecule has 0 unspecified atom stereocenters. The van der Waals surface area contributed by atoms with Gasteiger partial charge in [0.05, 0.1) is 17.9 Å². The summed E-state index contributed by atoms with van der Waals surface area (Å²) in [6.45, 7) is 0.851. The van der Waals surface area contributed by atoms with Gasteiger partial charge in [-0.2, -0.15) is 0 Å². The van der Waals surface area contributed by atoms with Gasteiger partial charge < -0.3 is 10.6 Å². The van der Waals surface area contributed by atoms with Crippen LogP contribution in [0.2, 0.25) is 0 Å². The molecule has 0 aromatic carbocycles. The summed E-state index contributed by atoms with van der Waals surface area (Å²) in [5, 5.41) is 5.79. The van der Waals surface area contributed by atoms with E-state index in [0.29, 0.717) is 5.69 Å². The summed E-state index contributed by atoms with van der Waals surface area (Å²) in [7, 11) is -3.30. The van der Waals surface area contributed by atoms with E-state index in [1.807, 2.05) is 0 Å². The fourth-order valence-corrected chi connectivity index (χ4v) is 2.37. The number of carbonyl (C=O) groups is 1. The van der Waals surface area contributed by atoms with E-state index >= 15 is 0 Å². The average Bonchev–Trinajstić information content (AvgIpc) is 2.82. The number of anilines is 1. The van der Waals surface area contributed by atoms with Crippen molar-refractivity contribution < 1.29 is 13.2 Å². The molecule has 2 rings (SSSR count). The highest BCUT2D eigenvalue weighted by Crippen LogP contribution is 2.12. The summed E-state index contributed by atoms with van der Waals surface area (Å²) in [6.07, 6.45) is 4.25. The molecule has 1 aliphatic heterocycles. The van der Waals surface area contributed by atoms with Crippen LogP contribution < -0.4 is 10.6 Å². The van der Waals surface area contributed by atoms with Crippen LogP contribution in [0.5, 0.6) is 0 Å². The number of rotatable bonds is 3. The molecule has 0 spiro atoms. The maximum absolute atomic E-state index is 11.8. The second kappa shape index (κ2) is 5.03. The molecule has 0 radical (unpaired) electrons. The number of nitrogens with one attached hydrogen (secondary N) is 2. The van der Waals surface area contributed by atoms with Crippen LogP contribution in [0.15, 0.2) is 23.4 Å². The van der Waals surface area contributed by atoms with Gasteiger partial charge in [0.1, 0.15) is 0 Å². The van der Waals surface area contributed by atoms with Gasteiger partial charge in [-0.05, 0) is 31.5 Å². The Labute approximate surface area is 106 Å². The van der Waals surface area contributed by atoms with Crippen LogP contribution in [-0.2, 0) is 14.6 Å². The number of aromatic nitrogens is 1. The van der Waals surface area contributed by atoms with Crippen LogP contribution in [0.4, 0.5) is 5.69 Å². The van der Waals surface area contributed by atoms with Gasteiger partial charge in [-0.1, -0.05) is 0 Å². The minimum atomic E-state index is -3.30. The molecule has 7 heteroatoms. The second-order valence-corrected chi connectivity index (χ2v) is 6.26. The van der Waals surface area contributed by atoms with Crippen LogP contribution in [0.3, 0.4) is 0 Å². The molecular formula is C11H15N3O3S. The summed E-state index contributed by atoms with van der Waals surface area (Å²) in [6, 6.07) is 2.75. The molecule has 1 aliphatic rings. The van der Waals surface area contributed by atoms with Crippen molar-refractivity contribution in [1.29, 1.82) is 0 Å². The van der Waals surface area contributed by atoms with Crippen molar-refractivity contribution in [3.8, 4) is 0 Å². The van der Waals surface area contributed by atoms with Crippen molar-refractivity contribution in [1.82, 2.24) is 10.3 Å². The van der Waals surface area contributed by atoms with E-state index in [9.17, 15) is 13.2 Å². The Bertz CT molecular complexity index is 533. The minimum absolute atomic E-state index is 0.000472. The molecule has 2 heterocycles. The zero-order valence-electron chi connectivity index (χ0n) is 10.0. The summed E-state index contributed by atoms with van der Waals surface area (Å²) in [5.74, 6) is -0.110. The van der Waals surface area contributed by atoms with Crippen molar-refractivity contribution in [2.24, 2.45) is 0 Å². The van der Waals surface area contributed by atoms with Crippen molar-refractivity contribution >= 4 is 21.4 Å². The molecule has 1 fully saturated rings. The van der Waals surface area contributed by atoms with E-state index in [-0.39, 0.29) is 17.0 Å². The highest BCUT2D eigenvalue weighted by Gasteiger charge is 2.22. The topological polar surface area (TPSA) is 88.2 Å². The zero-order valence-corrected chi connectivity index (χ0v) is 10.8. The molecular weight excluding hydrogens is 254 g/mol. The van der Waals surface area contributed by atoms with E-state index in [1.165, 1.54) is 18.3 Å². The molecule has 6 nitrogen and oxygen atoms in total. The maximum atomic E-state index is 11.8. The summed E-state index contributed by atoms with van der Waals surface area (Å²) in [4.78, 5) is 15.6. The molecule has 98 valence electrons. The van der Waals surface area contributed by atoms with Crippen LogP contribution in [0.1, 0.15) is 12.8 Å². The predicted octanol–water partition coefficient (Wildman–Crippen LogP) is 0.176. The van der Waals surface area contributed by atoms with Crippen LogP contribution in [0.25, 0.3) is 0 Å². The van der Waals surface area contributed by atoms with E-state index in [2.05, 4.69) is 15.6 Å². The van der Waals surface area contributed by atoms with E-state index in [1.54, 1.807) is 0 Å². The van der Waals surface area contributed by atoms with E-state index < -0.39 is 9.84 Å². The van der Waals surface area contributed by atoms with Gasteiger partial charge >= 0.3 is 0 Å². The van der Waals surface area contributed by atoms with Gasteiger partial charge in [0.2, 0.25) is 5.91 Å². The number of hydrogen-bond acceptors (Lipinski definition) is 5. The number of pyridine rings is 1. The Hall–Kier alpha value is -1.47. The van der Waals surface area contributed by atoms with Gasteiger partial charge in [0, 0.05) is 6.26 Å². The van der Waals surface area contributed by atoms with E-state index in [0.717, 1.165) is 25.6 Å². The molecule has 0 aliphatic carbocycles. The number of amides is 1. The summed E-state index contributed by atoms with van der Waals surface area (Å²) >= 11 is 0. The second-order valence-electron chi connectivity index (χ2n) is 4.30. The highest BCUT2D eigenvalue weighted by atomic mass is 32.2. The molecule has 0 bridgehead atoms. The average molecular weight is 269 g/mol. The molecule has 2 N–H and O–H groups in total. The zero-order chi connectivity index (χ0) is 13.2. The lowest BCUT2D eigenvalue weighted by Gasteiger charge is -2.10. The molecule has 1 aromatic rings. The predicted molar refractivity (Wildman–Crippen MR) is 67.0 cm³/mol. The Balaban J connectivity index is 2.04. The first-order valence-corrected chi connectivity index (χ1v) is 7.56. The van der Waals surface area contributed by atoms with Gasteiger partial charge in [0.25, 0.3) is 0 Å². The third-order valence-electron chi connectivity index (χ3n) is 2.76. The number of sulfone groups is 1. The lowest BCUT2D eigenvalue weighted by molar-refractivity contribution is -0.117. The van der Waals surface area contributed by atoms with Crippen molar-refractivity contribution in [2.45, 2.75) is 23.9 Å². The summed E-state index contributed by atoms with van der Waals surface area (Å²) in [5.41, 5.74) is 0.501. The van der Waals surface area contributed by atoms with E-state index in [4.69, 9.17) is 0 Å². The number of nitrogens with zero attached hydrogens (tertiary/aromatic N) is 1. The standard InChI is InChI=1S/C11H15N3O3S/c1-18(16,17)10-5-4-8(7-13-10)14-11(15)9-3-2-6-12-9/h4-5,7,9,12H,2-3,6H2,1H3,(H,14,15)/t9-/m0/s1. The first-order chi connectivity index (χ1) is 8.47. The Kier molecular flexibility index (Phi) is 3.63. The summed E-state index contributed by atoms with van der Waals surface area (Å²) < 4.78 is 22.4. The minimum Gasteiger partial charge on any atom is -0.323 e. The van der Waals surface area contributed by atoms with Gasteiger partial charge in [-0.3, -0.25) is 4.79 Å². The first kappa shape index (κ1) is 13.0. The molecule has 0 saturated carbocycles. The van der Waals surface area contributed by atoms with Crippen LogP contribution >= 0.6 is 0 Å².